The van der Waals surface area contributed by atoms with E-state index in [1.54, 1.807) is 28.0 Å². The Balaban J connectivity index is 0.930. The van der Waals surface area contributed by atoms with Gasteiger partial charge in [0.15, 0.2) is 0 Å². The molecule has 3 amide bonds. The first kappa shape index (κ1) is 41.6. The van der Waals surface area contributed by atoms with E-state index in [0.717, 1.165) is 12.8 Å². The highest BCUT2D eigenvalue weighted by atomic mass is 79.9. The summed E-state index contributed by atoms with van der Waals surface area (Å²) < 4.78 is 12.8. The van der Waals surface area contributed by atoms with E-state index in [2.05, 4.69) is 146 Å². The average molecular weight is 889 g/mol. The van der Waals surface area contributed by atoms with Crippen LogP contribution in [0.25, 0.3) is 22.3 Å². The fourth-order valence-electron chi connectivity index (χ4n) is 9.31. The number of fused-ring (bicyclic) bond motifs is 6. The minimum absolute atomic E-state index is 0.0566. The van der Waals surface area contributed by atoms with Crippen LogP contribution in [-0.4, -0.2) is 66.8 Å². The summed E-state index contributed by atoms with van der Waals surface area (Å²) in [4.78, 5) is 44.6. The number of nitrogens with zero attached hydrogens (tertiary/aromatic N) is 2. The normalized spacial score (nSPS) is 16.1. The van der Waals surface area contributed by atoms with Crippen LogP contribution in [0.3, 0.4) is 0 Å². The number of nitrogens with one attached hydrogen (secondary N) is 1. The van der Waals surface area contributed by atoms with E-state index in [1.807, 2.05) is 0 Å². The first-order chi connectivity index (χ1) is 28.8. The number of hydrogen-bond donors (Lipinski definition) is 1. The lowest BCUT2D eigenvalue weighted by atomic mass is 9.79. The number of halogens is 2. The Morgan fingerprint density at radius 1 is 0.667 bits per heavy atom. The number of carbonyl (C=O) groups excluding carboxylic acids is 3. The van der Waals surface area contributed by atoms with E-state index in [0.29, 0.717) is 15.2 Å². The quantitative estimate of drug-likeness (QED) is 0.143. The Labute approximate surface area is 366 Å². The van der Waals surface area contributed by atoms with Crippen molar-refractivity contribution in [1.82, 2.24) is 9.80 Å². The van der Waals surface area contributed by atoms with Crippen molar-refractivity contribution in [2.75, 3.05) is 38.2 Å². The fraction of sp³-hybridized carbons (Fsp3) is 0.340. The van der Waals surface area contributed by atoms with Crippen LogP contribution in [0.4, 0.5) is 15.3 Å². The third-order valence-corrected chi connectivity index (χ3v) is 13.1. The van der Waals surface area contributed by atoms with E-state index in [9.17, 15) is 14.4 Å². The Morgan fingerprint density at radius 3 is 1.58 bits per heavy atom. The van der Waals surface area contributed by atoms with Crippen molar-refractivity contribution in [3.05, 3.63) is 147 Å². The van der Waals surface area contributed by atoms with E-state index in [4.69, 9.17) is 21.1 Å². The number of piperazine rings is 1. The highest BCUT2D eigenvalue weighted by molar-refractivity contribution is 9.10. The molecule has 8 nitrogen and oxygen atoms in total. The summed E-state index contributed by atoms with van der Waals surface area (Å²) in [7, 11) is 0. The van der Waals surface area contributed by atoms with Crippen LogP contribution in [0.15, 0.2) is 120 Å². The topological polar surface area (TPSA) is 88.2 Å². The maximum Gasteiger partial charge on any atom is 0.410 e. The minimum atomic E-state index is -0.652. The lowest BCUT2D eigenvalue weighted by Gasteiger charge is -2.41. The molecular weight excluding hydrogens is 838 g/mol. The molecule has 0 spiro atoms. The summed E-state index contributed by atoms with van der Waals surface area (Å²) in [5, 5.41) is 3.47. The molecule has 60 heavy (non-hydrogen) atoms. The molecule has 0 aromatic heterocycles. The van der Waals surface area contributed by atoms with Gasteiger partial charge in [-0.3, -0.25) is 4.79 Å². The Hall–Kier alpha value is -5.12. The van der Waals surface area contributed by atoms with Gasteiger partial charge in [0.1, 0.15) is 0 Å². The molecule has 310 valence electrons. The number of carbonyl (C=O) groups is 3. The fourth-order valence-corrected chi connectivity index (χ4v) is 10.1. The van der Waals surface area contributed by atoms with Crippen LogP contribution in [0.5, 0.6) is 0 Å². The van der Waals surface area contributed by atoms with Crippen molar-refractivity contribution in [3.8, 4) is 22.3 Å². The van der Waals surface area contributed by atoms with Gasteiger partial charge in [-0.15, -0.1) is 0 Å². The van der Waals surface area contributed by atoms with Gasteiger partial charge in [-0.05, 0) is 102 Å². The van der Waals surface area contributed by atoms with Gasteiger partial charge < -0.3 is 24.6 Å². The van der Waals surface area contributed by atoms with Crippen LogP contribution in [0, 0.1) is 10.8 Å². The summed E-state index contributed by atoms with van der Waals surface area (Å²) >= 11 is 9.62. The van der Waals surface area contributed by atoms with E-state index < -0.39 is 18.2 Å². The summed E-state index contributed by atoms with van der Waals surface area (Å²) in [5.41, 5.74) is 10.1. The third-order valence-electron chi connectivity index (χ3n) is 12.2. The zero-order valence-corrected chi connectivity index (χ0v) is 36.9. The second-order valence-electron chi connectivity index (χ2n) is 18.0. The van der Waals surface area contributed by atoms with Gasteiger partial charge in [0.25, 0.3) is 0 Å². The predicted octanol–water partition coefficient (Wildman–Crippen LogP) is 12.1. The molecule has 8 rings (SSSR count). The molecule has 1 fully saturated rings. The number of ether oxygens (including phenoxy) is 2. The van der Waals surface area contributed by atoms with Crippen molar-refractivity contribution in [1.29, 1.82) is 0 Å². The number of anilines is 1. The van der Waals surface area contributed by atoms with Crippen molar-refractivity contribution < 1.29 is 23.9 Å². The molecule has 1 saturated heterocycles. The summed E-state index contributed by atoms with van der Waals surface area (Å²) in [5.74, 6) is 0.0613. The second-order valence-corrected chi connectivity index (χ2v) is 19.3. The molecule has 0 saturated carbocycles. The molecule has 0 bridgehead atoms. The lowest BCUT2D eigenvalue weighted by Crippen LogP contribution is -2.57. The standard InChI is InChI=1S/C50H51BrClN3O5/c1-49(2,27-42-38-17-9-5-13-34(38)35-14-6-10-18-39(35)42)30-59-47(57)54-23-24-55(33(29-54)26-46(56)53-45-22-21-32(52)25-44(45)51)48(58)60-31-50(3,4)28-43-40-19-11-7-15-36(40)37-16-8-12-20-41(37)43/h5-22,25,33,42-43H,23-24,26-31H2,1-4H3,(H,53,56). The first-order valence-corrected chi connectivity index (χ1v) is 21.9. The molecule has 1 heterocycles. The maximum atomic E-state index is 14.0. The van der Waals surface area contributed by atoms with Gasteiger partial charge >= 0.3 is 12.2 Å². The molecule has 1 aliphatic heterocycles. The highest BCUT2D eigenvalue weighted by Gasteiger charge is 2.39. The van der Waals surface area contributed by atoms with Gasteiger partial charge in [-0.1, -0.05) is 136 Å². The lowest BCUT2D eigenvalue weighted by molar-refractivity contribution is -0.117. The Kier molecular flexibility index (Phi) is 11.9. The molecule has 1 atom stereocenters. The van der Waals surface area contributed by atoms with Gasteiger partial charge in [-0.2, -0.15) is 0 Å². The minimum Gasteiger partial charge on any atom is -0.449 e. The summed E-state index contributed by atoms with van der Waals surface area (Å²) in [6.07, 6.45) is 0.553. The molecule has 1 N–H and O–H groups in total. The summed E-state index contributed by atoms with van der Waals surface area (Å²) in [6, 6.07) is 38.6. The van der Waals surface area contributed by atoms with Gasteiger partial charge in [0.05, 0.1) is 24.9 Å². The molecule has 10 heteroatoms. The first-order valence-electron chi connectivity index (χ1n) is 20.7. The van der Waals surface area contributed by atoms with Crippen LogP contribution in [-0.2, 0) is 14.3 Å². The van der Waals surface area contributed by atoms with E-state index in [-0.39, 0.29) is 67.8 Å². The van der Waals surface area contributed by atoms with Gasteiger partial charge in [0.2, 0.25) is 5.91 Å². The van der Waals surface area contributed by atoms with Crippen molar-refractivity contribution in [3.63, 3.8) is 0 Å². The van der Waals surface area contributed by atoms with Crippen LogP contribution >= 0.6 is 27.5 Å². The smallest absolute Gasteiger partial charge is 0.410 e. The molecule has 0 radical (unpaired) electrons. The third kappa shape index (κ3) is 8.84. The number of amides is 3. The van der Waals surface area contributed by atoms with Crippen LogP contribution in [0.2, 0.25) is 5.02 Å². The maximum absolute atomic E-state index is 14.0. The number of rotatable bonds is 11. The number of benzene rings is 5. The van der Waals surface area contributed by atoms with E-state index >= 15 is 0 Å². The molecule has 3 aliphatic rings. The molecule has 2 aliphatic carbocycles. The van der Waals surface area contributed by atoms with Gasteiger partial charge in [0, 0.05) is 47.4 Å². The highest BCUT2D eigenvalue weighted by Crippen LogP contribution is 2.50. The van der Waals surface area contributed by atoms with E-state index in [1.165, 1.54) is 44.5 Å². The van der Waals surface area contributed by atoms with Crippen molar-refractivity contribution in [2.45, 2.75) is 64.8 Å². The largest absolute Gasteiger partial charge is 0.449 e. The van der Waals surface area contributed by atoms with Crippen molar-refractivity contribution >= 4 is 51.3 Å². The van der Waals surface area contributed by atoms with Gasteiger partial charge in [-0.25, -0.2) is 9.59 Å². The zero-order chi connectivity index (χ0) is 42.2. The molecular formula is C50H51BrClN3O5. The Bertz CT molecular complexity index is 2340. The zero-order valence-electron chi connectivity index (χ0n) is 34.6. The van der Waals surface area contributed by atoms with Crippen LogP contribution < -0.4 is 5.32 Å². The molecule has 5 aromatic carbocycles. The average Bonchev–Trinajstić information content (AvgIpc) is 3.71. The second kappa shape index (κ2) is 17.1. The SMILES string of the molecule is CC(C)(COC(=O)N1CCN(C(=O)OCC(C)(C)CC2c3ccccc3-c3ccccc32)C(CC(=O)Nc2ccc(Cl)cc2Br)C1)CC1c2ccccc2-c2ccccc21. The van der Waals surface area contributed by atoms with Crippen LogP contribution in [0.1, 0.15) is 81.0 Å². The molecule has 1 unspecified atom stereocenters. The Morgan fingerprint density at radius 2 is 1.12 bits per heavy atom. The number of hydrogen-bond acceptors (Lipinski definition) is 5. The monoisotopic (exact) mass is 887 g/mol. The van der Waals surface area contributed by atoms with Crippen molar-refractivity contribution in [2.24, 2.45) is 10.8 Å². The predicted molar refractivity (Wildman–Crippen MR) is 241 cm³/mol. The summed E-state index contributed by atoms with van der Waals surface area (Å²) in [6.45, 7) is 9.48. The molecule has 5 aromatic rings.